The molecule has 0 N–H and O–H groups in total. The molecular formula is C12H17FO2. The van der Waals surface area contributed by atoms with E-state index in [1.54, 1.807) is 12.1 Å². The summed E-state index contributed by atoms with van der Waals surface area (Å²) in [4.78, 5) is 0. The molecule has 0 atom stereocenters. The van der Waals surface area contributed by atoms with E-state index in [0.29, 0.717) is 25.6 Å². The van der Waals surface area contributed by atoms with Gasteiger partial charge in [-0.2, -0.15) is 0 Å². The maximum Gasteiger partial charge on any atom is 0.165 e. The van der Waals surface area contributed by atoms with Crippen LogP contribution < -0.4 is 4.74 Å². The van der Waals surface area contributed by atoms with E-state index >= 15 is 0 Å². The molecule has 0 aromatic heterocycles. The van der Waals surface area contributed by atoms with E-state index in [2.05, 4.69) is 0 Å². The van der Waals surface area contributed by atoms with Gasteiger partial charge < -0.3 is 9.47 Å². The molecular weight excluding hydrogens is 195 g/mol. The Bertz CT molecular complexity index is 300. The molecule has 0 aliphatic heterocycles. The van der Waals surface area contributed by atoms with Crippen LogP contribution in [-0.2, 0) is 4.74 Å². The van der Waals surface area contributed by atoms with Gasteiger partial charge in [0.2, 0.25) is 0 Å². The summed E-state index contributed by atoms with van der Waals surface area (Å²) < 4.78 is 23.6. The lowest BCUT2D eigenvalue weighted by atomic mass is 10.2. The van der Waals surface area contributed by atoms with Crippen LogP contribution in [0, 0.1) is 12.7 Å². The van der Waals surface area contributed by atoms with Gasteiger partial charge in [-0.3, -0.25) is 0 Å². The van der Waals surface area contributed by atoms with Gasteiger partial charge in [-0.05, 0) is 31.5 Å². The van der Waals surface area contributed by atoms with Crippen LogP contribution in [0.1, 0.15) is 18.9 Å². The second-order valence-corrected chi connectivity index (χ2v) is 3.33. The van der Waals surface area contributed by atoms with Crippen LogP contribution in [-0.4, -0.2) is 19.8 Å². The van der Waals surface area contributed by atoms with Crippen LogP contribution in [0.4, 0.5) is 4.39 Å². The zero-order valence-corrected chi connectivity index (χ0v) is 9.25. The maximum atomic E-state index is 13.2. The van der Waals surface area contributed by atoms with E-state index in [0.717, 1.165) is 12.0 Å². The average molecular weight is 212 g/mol. The summed E-state index contributed by atoms with van der Waals surface area (Å²) in [5.41, 5.74) is 0.996. The van der Waals surface area contributed by atoms with E-state index in [9.17, 15) is 4.39 Å². The minimum atomic E-state index is -0.308. The van der Waals surface area contributed by atoms with Gasteiger partial charge in [-0.15, -0.1) is 0 Å². The molecule has 1 aromatic rings. The van der Waals surface area contributed by atoms with Gasteiger partial charge in [0.25, 0.3) is 0 Å². The van der Waals surface area contributed by atoms with Crippen molar-refractivity contribution >= 4 is 0 Å². The Morgan fingerprint density at radius 1 is 1.27 bits per heavy atom. The standard InChI is InChI=1S/C12H17FO2/c1-3-14-7-4-8-15-12-9-10(2)5-6-11(12)13/h5-6,9H,3-4,7-8H2,1-2H3. The molecule has 0 amide bonds. The molecule has 84 valence electrons. The molecule has 1 aromatic carbocycles. The fourth-order valence-electron chi connectivity index (χ4n) is 1.21. The first-order chi connectivity index (χ1) is 7.24. The van der Waals surface area contributed by atoms with Gasteiger partial charge in [-0.25, -0.2) is 4.39 Å². The smallest absolute Gasteiger partial charge is 0.165 e. The monoisotopic (exact) mass is 212 g/mol. The van der Waals surface area contributed by atoms with Gasteiger partial charge in [-0.1, -0.05) is 6.07 Å². The van der Waals surface area contributed by atoms with Crippen LogP contribution >= 0.6 is 0 Å². The number of rotatable bonds is 6. The van der Waals surface area contributed by atoms with Crippen LogP contribution in [0.5, 0.6) is 5.75 Å². The fraction of sp³-hybridized carbons (Fsp3) is 0.500. The minimum Gasteiger partial charge on any atom is -0.490 e. The van der Waals surface area contributed by atoms with Crippen LogP contribution in [0.2, 0.25) is 0 Å². The first-order valence-corrected chi connectivity index (χ1v) is 5.20. The van der Waals surface area contributed by atoms with Gasteiger partial charge >= 0.3 is 0 Å². The third-order valence-electron chi connectivity index (χ3n) is 1.98. The molecule has 0 bridgehead atoms. The van der Waals surface area contributed by atoms with E-state index in [1.807, 2.05) is 13.8 Å². The predicted molar refractivity (Wildman–Crippen MR) is 57.7 cm³/mol. The maximum absolute atomic E-state index is 13.2. The molecule has 0 saturated heterocycles. The fourth-order valence-corrected chi connectivity index (χ4v) is 1.21. The van der Waals surface area contributed by atoms with Crippen molar-refractivity contribution in [1.29, 1.82) is 0 Å². The highest BCUT2D eigenvalue weighted by atomic mass is 19.1. The Morgan fingerprint density at radius 2 is 2.07 bits per heavy atom. The highest BCUT2D eigenvalue weighted by molar-refractivity contribution is 5.29. The van der Waals surface area contributed by atoms with E-state index in [4.69, 9.17) is 9.47 Å². The molecule has 2 nitrogen and oxygen atoms in total. The lowest BCUT2D eigenvalue weighted by Crippen LogP contribution is -2.04. The second kappa shape index (κ2) is 6.40. The van der Waals surface area contributed by atoms with E-state index < -0.39 is 0 Å². The third-order valence-corrected chi connectivity index (χ3v) is 1.98. The van der Waals surface area contributed by atoms with Gasteiger partial charge in [0.1, 0.15) is 0 Å². The van der Waals surface area contributed by atoms with Crippen molar-refractivity contribution in [3.63, 3.8) is 0 Å². The van der Waals surface area contributed by atoms with Crippen molar-refractivity contribution in [3.8, 4) is 5.75 Å². The lowest BCUT2D eigenvalue weighted by molar-refractivity contribution is 0.130. The molecule has 3 heteroatoms. The van der Waals surface area contributed by atoms with Gasteiger partial charge in [0.05, 0.1) is 6.61 Å². The van der Waals surface area contributed by atoms with Crippen molar-refractivity contribution in [2.75, 3.05) is 19.8 Å². The van der Waals surface area contributed by atoms with Crippen LogP contribution in [0.15, 0.2) is 18.2 Å². The largest absolute Gasteiger partial charge is 0.490 e. The average Bonchev–Trinajstić information content (AvgIpc) is 2.23. The van der Waals surface area contributed by atoms with Crippen molar-refractivity contribution in [3.05, 3.63) is 29.6 Å². The van der Waals surface area contributed by atoms with Crippen molar-refractivity contribution < 1.29 is 13.9 Å². The molecule has 0 radical (unpaired) electrons. The van der Waals surface area contributed by atoms with Crippen molar-refractivity contribution in [2.24, 2.45) is 0 Å². The Hall–Kier alpha value is -1.09. The zero-order valence-electron chi connectivity index (χ0n) is 9.25. The van der Waals surface area contributed by atoms with Gasteiger partial charge in [0.15, 0.2) is 11.6 Å². The van der Waals surface area contributed by atoms with Crippen LogP contribution in [0.3, 0.4) is 0 Å². The highest BCUT2D eigenvalue weighted by Gasteiger charge is 2.02. The first kappa shape index (κ1) is 12.0. The summed E-state index contributed by atoms with van der Waals surface area (Å²) in [5.74, 6) is 0.0171. The summed E-state index contributed by atoms with van der Waals surface area (Å²) >= 11 is 0. The Labute approximate surface area is 90.0 Å². The quantitative estimate of drug-likeness (QED) is 0.675. The molecule has 15 heavy (non-hydrogen) atoms. The summed E-state index contributed by atoms with van der Waals surface area (Å²) in [7, 11) is 0. The molecule has 0 aliphatic carbocycles. The molecule has 0 saturated carbocycles. The molecule has 0 fully saturated rings. The zero-order chi connectivity index (χ0) is 11.1. The summed E-state index contributed by atoms with van der Waals surface area (Å²) in [6, 6.07) is 4.85. The number of ether oxygens (including phenoxy) is 2. The first-order valence-electron chi connectivity index (χ1n) is 5.20. The number of hydrogen-bond acceptors (Lipinski definition) is 2. The Balaban J connectivity index is 2.33. The highest BCUT2D eigenvalue weighted by Crippen LogP contribution is 2.18. The Kier molecular flexibility index (Phi) is 5.12. The molecule has 0 spiro atoms. The SMILES string of the molecule is CCOCCCOc1cc(C)ccc1F. The van der Waals surface area contributed by atoms with E-state index in [-0.39, 0.29) is 5.82 Å². The number of benzene rings is 1. The van der Waals surface area contributed by atoms with Crippen molar-refractivity contribution in [1.82, 2.24) is 0 Å². The molecule has 1 rings (SSSR count). The number of aryl methyl sites for hydroxylation is 1. The third kappa shape index (κ3) is 4.30. The van der Waals surface area contributed by atoms with Gasteiger partial charge in [0, 0.05) is 19.6 Å². The van der Waals surface area contributed by atoms with E-state index in [1.165, 1.54) is 6.07 Å². The topological polar surface area (TPSA) is 18.5 Å². The summed E-state index contributed by atoms with van der Waals surface area (Å²) in [5, 5.41) is 0. The van der Waals surface area contributed by atoms with Crippen LogP contribution in [0.25, 0.3) is 0 Å². The Morgan fingerprint density at radius 3 is 2.80 bits per heavy atom. The molecule has 0 unspecified atom stereocenters. The van der Waals surface area contributed by atoms with Crippen molar-refractivity contribution in [2.45, 2.75) is 20.3 Å². The number of halogens is 1. The minimum absolute atomic E-state index is 0.308. The predicted octanol–water partition coefficient (Wildman–Crippen LogP) is 2.94. The second-order valence-electron chi connectivity index (χ2n) is 3.33. The molecule has 0 heterocycles. The summed E-state index contributed by atoms with van der Waals surface area (Å²) in [6.07, 6.45) is 0.779. The summed E-state index contributed by atoms with van der Waals surface area (Å²) in [6.45, 7) is 5.71. The molecule has 0 aliphatic rings. The lowest BCUT2D eigenvalue weighted by Gasteiger charge is -2.07. The normalized spacial score (nSPS) is 10.3. The number of hydrogen-bond donors (Lipinski definition) is 0.